The van der Waals surface area contributed by atoms with Crippen LogP contribution in [0.3, 0.4) is 0 Å². The fourth-order valence-corrected chi connectivity index (χ4v) is 2.83. The Morgan fingerprint density at radius 2 is 1.40 bits per heavy atom. The number of aromatic nitrogens is 2. The lowest BCUT2D eigenvalue weighted by atomic mass is 10.1. The van der Waals surface area contributed by atoms with Crippen molar-refractivity contribution in [3.63, 3.8) is 0 Å². The highest BCUT2D eigenvalue weighted by atomic mass is 19.1. The number of pyridine rings is 1. The van der Waals surface area contributed by atoms with Crippen molar-refractivity contribution in [2.75, 3.05) is 0 Å². The van der Waals surface area contributed by atoms with Crippen molar-refractivity contribution in [3.8, 4) is 34.1 Å². The lowest BCUT2D eigenvalue weighted by molar-refractivity contribution is 0.434. The Morgan fingerprint density at radius 3 is 2.12 bits per heavy atom. The van der Waals surface area contributed by atoms with Crippen LogP contribution in [0.1, 0.15) is 0 Å². The van der Waals surface area contributed by atoms with Gasteiger partial charge in [-0.2, -0.15) is 0 Å². The number of para-hydroxylation sites is 2. The van der Waals surface area contributed by atoms with Gasteiger partial charge in [0.1, 0.15) is 11.5 Å². The Morgan fingerprint density at radius 1 is 0.760 bits per heavy atom. The van der Waals surface area contributed by atoms with E-state index in [0.717, 1.165) is 12.1 Å². The van der Waals surface area contributed by atoms with Crippen molar-refractivity contribution in [1.82, 2.24) is 9.38 Å². The van der Waals surface area contributed by atoms with Crippen LogP contribution in [0.15, 0.2) is 60.8 Å². The Kier molecular flexibility index (Phi) is 3.39. The molecule has 2 aromatic heterocycles. The van der Waals surface area contributed by atoms with Crippen LogP contribution < -0.4 is 0 Å². The third-order valence-corrected chi connectivity index (χ3v) is 4.02. The van der Waals surface area contributed by atoms with E-state index in [1.807, 2.05) is 0 Å². The van der Waals surface area contributed by atoms with E-state index in [2.05, 4.69) is 4.98 Å². The second kappa shape index (κ2) is 5.59. The molecule has 0 saturated carbocycles. The van der Waals surface area contributed by atoms with Crippen molar-refractivity contribution < 1.29 is 19.0 Å². The quantitative estimate of drug-likeness (QED) is 0.571. The highest BCUT2D eigenvalue weighted by molar-refractivity contribution is 5.85. The molecule has 0 bridgehead atoms. The molecule has 4 rings (SSSR count). The van der Waals surface area contributed by atoms with Gasteiger partial charge in [0.2, 0.25) is 0 Å². The molecular weight excluding hydrogens is 326 g/mol. The molecule has 0 atom stereocenters. The molecule has 2 aromatic carbocycles. The van der Waals surface area contributed by atoms with Gasteiger partial charge in [0.15, 0.2) is 23.1 Å². The summed E-state index contributed by atoms with van der Waals surface area (Å²) in [6, 6.07) is 13.6. The number of halogens is 2. The molecule has 2 N–H and O–H groups in total. The Labute approximate surface area is 141 Å². The van der Waals surface area contributed by atoms with Gasteiger partial charge in [-0.15, -0.1) is 0 Å². The Bertz CT molecular complexity index is 1020. The molecule has 0 amide bonds. The van der Waals surface area contributed by atoms with E-state index in [1.54, 1.807) is 34.9 Å². The normalized spacial score (nSPS) is 11.1. The molecule has 124 valence electrons. The molecule has 2 heterocycles. The summed E-state index contributed by atoms with van der Waals surface area (Å²) >= 11 is 0. The van der Waals surface area contributed by atoms with Crippen molar-refractivity contribution in [2.45, 2.75) is 0 Å². The van der Waals surface area contributed by atoms with Crippen LogP contribution in [0.25, 0.3) is 28.2 Å². The standard InChI is InChI=1S/C19H12F2N2O2/c20-13-7-3-5-11(17(13)24)16-15-9-1-2-10-23(15)19(22-16)12-6-4-8-14(21)18(12)25/h1-10,24-25H. The number of aromatic hydroxyl groups is 2. The summed E-state index contributed by atoms with van der Waals surface area (Å²) in [7, 11) is 0. The highest BCUT2D eigenvalue weighted by Crippen LogP contribution is 2.38. The van der Waals surface area contributed by atoms with E-state index >= 15 is 0 Å². The molecule has 0 saturated heterocycles. The van der Waals surface area contributed by atoms with Crippen LogP contribution in [-0.2, 0) is 0 Å². The monoisotopic (exact) mass is 338 g/mol. The molecule has 0 spiro atoms. The van der Waals surface area contributed by atoms with Crippen molar-refractivity contribution in [2.24, 2.45) is 0 Å². The smallest absolute Gasteiger partial charge is 0.165 e. The minimum Gasteiger partial charge on any atom is -0.504 e. The average Bonchev–Trinajstić information content (AvgIpc) is 2.99. The molecule has 4 aromatic rings. The first-order valence-corrected chi connectivity index (χ1v) is 7.50. The Balaban J connectivity index is 2.06. The van der Waals surface area contributed by atoms with E-state index in [1.165, 1.54) is 18.2 Å². The number of fused-ring (bicyclic) bond motifs is 1. The second-order valence-corrected chi connectivity index (χ2v) is 5.51. The minimum atomic E-state index is -0.764. The lowest BCUT2D eigenvalue weighted by Crippen LogP contribution is -1.90. The average molecular weight is 338 g/mol. The fourth-order valence-electron chi connectivity index (χ4n) is 2.83. The summed E-state index contributed by atoms with van der Waals surface area (Å²) in [5.41, 5.74) is 1.33. The van der Waals surface area contributed by atoms with Crippen molar-refractivity contribution in [1.29, 1.82) is 0 Å². The van der Waals surface area contributed by atoms with Gasteiger partial charge in [-0.05, 0) is 36.4 Å². The molecule has 0 aliphatic carbocycles. The number of imidazole rings is 1. The summed E-state index contributed by atoms with van der Waals surface area (Å²) in [6.07, 6.45) is 1.70. The molecular formula is C19H12F2N2O2. The zero-order valence-corrected chi connectivity index (χ0v) is 12.8. The third kappa shape index (κ3) is 2.30. The van der Waals surface area contributed by atoms with Crippen LogP contribution >= 0.6 is 0 Å². The van der Waals surface area contributed by atoms with Crippen LogP contribution in [-0.4, -0.2) is 19.6 Å². The summed E-state index contributed by atoms with van der Waals surface area (Å²) in [5, 5.41) is 20.1. The maximum atomic E-state index is 13.7. The van der Waals surface area contributed by atoms with E-state index in [-0.39, 0.29) is 17.0 Å². The highest BCUT2D eigenvalue weighted by Gasteiger charge is 2.20. The van der Waals surface area contributed by atoms with Gasteiger partial charge in [-0.3, -0.25) is 4.40 Å². The molecule has 6 heteroatoms. The number of phenolic OH excluding ortho intramolecular Hbond substituents is 2. The zero-order chi connectivity index (χ0) is 17.6. The largest absolute Gasteiger partial charge is 0.504 e. The lowest BCUT2D eigenvalue weighted by Gasteiger charge is -2.04. The van der Waals surface area contributed by atoms with Crippen LogP contribution in [0.4, 0.5) is 8.78 Å². The van der Waals surface area contributed by atoms with Gasteiger partial charge in [0.05, 0.1) is 11.1 Å². The molecule has 0 aliphatic heterocycles. The number of nitrogens with zero attached hydrogens (tertiary/aromatic N) is 2. The van der Waals surface area contributed by atoms with Gasteiger partial charge >= 0.3 is 0 Å². The van der Waals surface area contributed by atoms with Crippen LogP contribution in [0.2, 0.25) is 0 Å². The fraction of sp³-hybridized carbons (Fsp3) is 0. The summed E-state index contributed by atoms with van der Waals surface area (Å²) in [6.45, 7) is 0. The SMILES string of the molecule is Oc1c(F)cccc1-c1nc(-c2cccc(F)c2O)n2ccccc12. The molecule has 0 unspecified atom stereocenters. The molecule has 4 nitrogen and oxygen atoms in total. The summed E-state index contributed by atoms with van der Waals surface area (Å²) in [5.74, 6) is -2.27. The number of benzene rings is 2. The zero-order valence-electron chi connectivity index (χ0n) is 12.8. The van der Waals surface area contributed by atoms with Gasteiger partial charge in [-0.1, -0.05) is 18.2 Å². The molecule has 0 radical (unpaired) electrons. The van der Waals surface area contributed by atoms with E-state index in [4.69, 9.17) is 0 Å². The topological polar surface area (TPSA) is 57.8 Å². The van der Waals surface area contributed by atoms with Crippen molar-refractivity contribution in [3.05, 3.63) is 72.4 Å². The van der Waals surface area contributed by atoms with Gasteiger partial charge in [0, 0.05) is 11.8 Å². The number of phenols is 2. The van der Waals surface area contributed by atoms with E-state index < -0.39 is 23.1 Å². The van der Waals surface area contributed by atoms with Gasteiger partial charge < -0.3 is 10.2 Å². The first-order chi connectivity index (χ1) is 12.1. The second-order valence-electron chi connectivity index (χ2n) is 5.51. The predicted molar refractivity (Wildman–Crippen MR) is 89.3 cm³/mol. The molecule has 0 aliphatic rings. The van der Waals surface area contributed by atoms with Crippen molar-refractivity contribution >= 4 is 5.52 Å². The number of rotatable bonds is 2. The maximum Gasteiger partial charge on any atom is 0.165 e. The maximum absolute atomic E-state index is 13.7. The molecule has 0 fully saturated rings. The van der Waals surface area contributed by atoms with Gasteiger partial charge in [0.25, 0.3) is 0 Å². The van der Waals surface area contributed by atoms with Crippen LogP contribution in [0, 0.1) is 11.6 Å². The van der Waals surface area contributed by atoms with E-state index in [9.17, 15) is 19.0 Å². The Hall–Kier alpha value is -3.41. The predicted octanol–water partition coefficient (Wildman–Crippen LogP) is 4.36. The first kappa shape index (κ1) is 15.1. The number of hydrogen-bond donors (Lipinski definition) is 2. The first-order valence-electron chi connectivity index (χ1n) is 7.50. The summed E-state index contributed by atoms with van der Waals surface area (Å²) < 4.78 is 29.1. The summed E-state index contributed by atoms with van der Waals surface area (Å²) in [4.78, 5) is 4.44. The van der Waals surface area contributed by atoms with E-state index in [0.29, 0.717) is 11.2 Å². The van der Waals surface area contributed by atoms with Gasteiger partial charge in [-0.25, -0.2) is 13.8 Å². The third-order valence-electron chi connectivity index (χ3n) is 4.02. The number of hydrogen-bond acceptors (Lipinski definition) is 3. The van der Waals surface area contributed by atoms with Crippen LogP contribution in [0.5, 0.6) is 11.5 Å². The minimum absolute atomic E-state index is 0.198. The molecule has 25 heavy (non-hydrogen) atoms.